The van der Waals surface area contributed by atoms with Gasteiger partial charge in [0.2, 0.25) is 5.91 Å². The molecule has 20 heavy (non-hydrogen) atoms. The molecule has 0 radical (unpaired) electrons. The lowest BCUT2D eigenvalue weighted by Crippen LogP contribution is -2.40. The van der Waals surface area contributed by atoms with Crippen molar-refractivity contribution in [3.63, 3.8) is 0 Å². The minimum Gasteiger partial charge on any atom is -0.347 e. The number of thiophene rings is 1. The highest BCUT2D eigenvalue weighted by atomic mass is 35.5. The number of halogens is 1. The van der Waals surface area contributed by atoms with E-state index in [4.69, 9.17) is 4.52 Å². The van der Waals surface area contributed by atoms with Crippen molar-refractivity contribution in [1.29, 1.82) is 0 Å². The van der Waals surface area contributed by atoms with Crippen LogP contribution >= 0.6 is 23.7 Å². The molecule has 0 fully saturated rings. The summed E-state index contributed by atoms with van der Waals surface area (Å²) >= 11 is 1.53. The van der Waals surface area contributed by atoms with E-state index in [9.17, 15) is 4.79 Å². The minimum atomic E-state index is -0.260. The molecule has 1 amide bonds. The molecule has 1 aliphatic rings. The van der Waals surface area contributed by atoms with Crippen LogP contribution in [0, 0.1) is 0 Å². The Bertz CT molecular complexity index is 596. The van der Waals surface area contributed by atoms with Crippen molar-refractivity contribution in [3.8, 4) is 10.8 Å². The Morgan fingerprint density at radius 2 is 2.50 bits per heavy atom. The number of amides is 1. The molecule has 106 valence electrons. The molecule has 0 bridgehead atoms. The van der Waals surface area contributed by atoms with E-state index in [0.29, 0.717) is 11.7 Å². The van der Waals surface area contributed by atoms with Crippen LogP contribution in [0.15, 0.2) is 34.2 Å². The Hall–Kier alpha value is -1.70. The van der Waals surface area contributed by atoms with E-state index in [1.807, 2.05) is 29.7 Å². The van der Waals surface area contributed by atoms with Crippen LogP contribution in [0.5, 0.6) is 0 Å². The monoisotopic (exact) mass is 312 g/mol. The van der Waals surface area contributed by atoms with Crippen LogP contribution in [-0.2, 0) is 11.3 Å². The molecule has 2 aromatic rings. The molecule has 0 saturated heterocycles. The Balaban J connectivity index is 0.00000147. The Labute approximate surface area is 125 Å². The van der Waals surface area contributed by atoms with Crippen LogP contribution in [0.25, 0.3) is 10.8 Å². The maximum atomic E-state index is 11.7. The van der Waals surface area contributed by atoms with Gasteiger partial charge in [0, 0.05) is 6.54 Å². The van der Waals surface area contributed by atoms with Gasteiger partial charge >= 0.3 is 0 Å². The first kappa shape index (κ1) is 14.7. The van der Waals surface area contributed by atoms with Crippen molar-refractivity contribution >= 4 is 29.7 Å². The van der Waals surface area contributed by atoms with Crippen LogP contribution in [0.4, 0.5) is 0 Å². The van der Waals surface area contributed by atoms with Crippen molar-refractivity contribution in [2.24, 2.45) is 0 Å². The van der Waals surface area contributed by atoms with Gasteiger partial charge in [-0.1, -0.05) is 23.4 Å². The number of rotatable bonds is 4. The summed E-state index contributed by atoms with van der Waals surface area (Å²) < 4.78 is 5.14. The van der Waals surface area contributed by atoms with Gasteiger partial charge in [-0.2, -0.15) is 4.98 Å². The molecule has 0 saturated carbocycles. The van der Waals surface area contributed by atoms with Gasteiger partial charge in [-0.15, -0.1) is 23.7 Å². The van der Waals surface area contributed by atoms with E-state index in [0.717, 1.165) is 11.4 Å². The first-order valence-corrected chi connectivity index (χ1v) is 6.75. The molecule has 1 atom stereocenters. The Kier molecular flexibility index (Phi) is 4.89. The maximum Gasteiger partial charge on any atom is 0.268 e. The average Bonchev–Trinajstić information content (AvgIpc) is 3.14. The van der Waals surface area contributed by atoms with Gasteiger partial charge in [0.1, 0.15) is 6.04 Å². The molecule has 6 nitrogen and oxygen atoms in total. The second-order valence-electron chi connectivity index (χ2n) is 4.02. The molecular weight excluding hydrogens is 300 g/mol. The zero-order chi connectivity index (χ0) is 13.1. The van der Waals surface area contributed by atoms with E-state index in [-0.39, 0.29) is 30.9 Å². The van der Waals surface area contributed by atoms with E-state index < -0.39 is 0 Å². The summed E-state index contributed by atoms with van der Waals surface area (Å²) in [6.07, 6.45) is 3.76. The largest absolute Gasteiger partial charge is 0.347 e. The maximum absolute atomic E-state index is 11.7. The molecule has 1 unspecified atom stereocenters. The SMILES string of the molecule is Cl.O=C(NCc1noc(-c2cccs2)n1)C1C=CCN1. The number of carbonyl (C=O) groups is 1. The third-order valence-electron chi connectivity index (χ3n) is 2.69. The third-order valence-corrected chi connectivity index (χ3v) is 3.55. The summed E-state index contributed by atoms with van der Waals surface area (Å²) in [6, 6.07) is 3.57. The molecule has 1 aliphatic heterocycles. The Morgan fingerprint density at radius 3 is 3.20 bits per heavy atom. The average molecular weight is 313 g/mol. The molecule has 3 heterocycles. The van der Waals surface area contributed by atoms with Gasteiger partial charge < -0.3 is 9.84 Å². The highest BCUT2D eigenvalue weighted by Crippen LogP contribution is 2.22. The first-order chi connectivity index (χ1) is 9.33. The van der Waals surface area contributed by atoms with Crippen LogP contribution in [-0.4, -0.2) is 28.6 Å². The quantitative estimate of drug-likeness (QED) is 0.833. The molecule has 0 aliphatic carbocycles. The molecule has 0 aromatic carbocycles. The van der Waals surface area contributed by atoms with Gasteiger partial charge in [0.05, 0.1) is 11.4 Å². The van der Waals surface area contributed by atoms with Crippen LogP contribution in [0.2, 0.25) is 0 Å². The number of carbonyl (C=O) groups excluding carboxylic acids is 1. The lowest BCUT2D eigenvalue weighted by molar-refractivity contribution is -0.122. The van der Waals surface area contributed by atoms with Crippen LogP contribution in [0.3, 0.4) is 0 Å². The summed E-state index contributed by atoms with van der Waals surface area (Å²) in [5.74, 6) is 0.869. The summed E-state index contributed by atoms with van der Waals surface area (Å²) in [5.41, 5.74) is 0. The number of aromatic nitrogens is 2. The topological polar surface area (TPSA) is 80.1 Å². The van der Waals surface area contributed by atoms with Crippen molar-refractivity contribution in [1.82, 2.24) is 20.8 Å². The lowest BCUT2D eigenvalue weighted by atomic mass is 10.3. The van der Waals surface area contributed by atoms with Gasteiger partial charge in [-0.25, -0.2) is 0 Å². The fraction of sp³-hybridized carbons (Fsp3) is 0.250. The van der Waals surface area contributed by atoms with Crippen molar-refractivity contribution in [2.45, 2.75) is 12.6 Å². The van der Waals surface area contributed by atoms with E-state index in [1.165, 1.54) is 11.3 Å². The summed E-state index contributed by atoms with van der Waals surface area (Å²) in [6.45, 7) is 0.989. The second kappa shape index (κ2) is 6.65. The lowest BCUT2D eigenvalue weighted by Gasteiger charge is -2.08. The fourth-order valence-electron chi connectivity index (χ4n) is 1.75. The van der Waals surface area contributed by atoms with Crippen molar-refractivity contribution in [2.75, 3.05) is 6.54 Å². The van der Waals surface area contributed by atoms with Gasteiger partial charge in [0.15, 0.2) is 5.82 Å². The fourth-order valence-corrected chi connectivity index (χ4v) is 2.39. The van der Waals surface area contributed by atoms with Gasteiger partial charge in [-0.05, 0) is 11.4 Å². The molecule has 2 aromatic heterocycles. The first-order valence-electron chi connectivity index (χ1n) is 5.87. The number of nitrogens with zero attached hydrogens (tertiary/aromatic N) is 2. The zero-order valence-corrected chi connectivity index (χ0v) is 12.0. The number of hydrogen-bond donors (Lipinski definition) is 2. The number of hydrogen-bond acceptors (Lipinski definition) is 6. The molecule has 0 spiro atoms. The van der Waals surface area contributed by atoms with Gasteiger partial charge in [-0.3, -0.25) is 10.1 Å². The summed E-state index contributed by atoms with van der Waals surface area (Å²) in [5, 5.41) is 11.6. The molecular formula is C12H13ClN4O2S. The molecule has 2 N–H and O–H groups in total. The van der Waals surface area contributed by atoms with Crippen molar-refractivity contribution in [3.05, 3.63) is 35.5 Å². The van der Waals surface area contributed by atoms with Crippen LogP contribution in [0.1, 0.15) is 5.82 Å². The normalized spacial score (nSPS) is 16.9. The molecule has 3 rings (SSSR count). The number of nitrogens with one attached hydrogen (secondary N) is 2. The van der Waals surface area contributed by atoms with Gasteiger partial charge in [0.25, 0.3) is 5.89 Å². The predicted molar refractivity (Wildman–Crippen MR) is 77.6 cm³/mol. The second-order valence-corrected chi connectivity index (χ2v) is 4.97. The minimum absolute atomic E-state index is 0. The highest BCUT2D eigenvalue weighted by molar-refractivity contribution is 7.13. The van der Waals surface area contributed by atoms with Crippen LogP contribution < -0.4 is 10.6 Å². The summed E-state index contributed by atoms with van der Waals surface area (Å²) in [4.78, 5) is 16.9. The standard InChI is InChI=1S/C12H12N4O2S.ClH/c17-11(8-3-1-5-13-8)14-7-10-15-12(18-16-10)9-4-2-6-19-9;/h1-4,6,8,13H,5,7H2,(H,14,17);1H. The van der Waals surface area contributed by atoms with E-state index >= 15 is 0 Å². The van der Waals surface area contributed by atoms with E-state index in [1.54, 1.807) is 0 Å². The highest BCUT2D eigenvalue weighted by Gasteiger charge is 2.18. The van der Waals surface area contributed by atoms with E-state index in [2.05, 4.69) is 20.8 Å². The molecule has 8 heteroatoms. The summed E-state index contributed by atoms with van der Waals surface area (Å²) in [7, 11) is 0. The third kappa shape index (κ3) is 3.24. The predicted octanol–water partition coefficient (Wildman–Crippen LogP) is 1.36. The Morgan fingerprint density at radius 1 is 1.60 bits per heavy atom. The zero-order valence-electron chi connectivity index (χ0n) is 10.4. The van der Waals surface area contributed by atoms with Crippen molar-refractivity contribution < 1.29 is 9.32 Å². The smallest absolute Gasteiger partial charge is 0.268 e.